The third kappa shape index (κ3) is 4.22. The largest absolute Gasteiger partial charge is 0.287 e. The molecule has 0 atom stereocenters. The SMILES string of the molecule is CCN1C(=O)/C(=C(\C)c2ccc(Br)cc2)S/C1=N/c1nc(-c2ccccc2)cs1. The first kappa shape index (κ1) is 20.1. The fourth-order valence-corrected chi connectivity index (χ4v) is 5.09. The summed E-state index contributed by atoms with van der Waals surface area (Å²) >= 11 is 6.36. The first-order valence-corrected chi connectivity index (χ1v) is 11.6. The Morgan fingerprint density at radius 2 is 1.86 bits per heavy atom. The summed E-state index contributed by atoms with van der Waals surface area (Å²) in [5, 5.41) is 3.33. The van der Waals surface area contributed by atoms with Crippen LogP contribution in [0.3, 0.4) is 0 Å². The average molecular weight is 484 g/mol. The number of aromatic nitrogens is 1. The van der Waals surface area contributed by atoms with E-state index in [1.165, 1.54) is 23.1 Å². The zero-order valence-electron chi connectivity index (χ0n) is 15.9. The minimum absolute atomic E-state index is 0.00323. The van der Waals surface area contributed by atoms with Crippen molar-refractivity contribution < 1.29 is 4.79 Å². The van der Waals surface area contributed by atoms with E-state index >= 15 is 0 Å². The molecule has 2 heterocycles. The number of rotatable bonds is 4. The van der Waals surface area contributed by atoms with Gasteiger partial charge in [-0.3, -0.25) is 9.69 Å². The van der Waals surface area contributed by atoms with E-state index in [9.17, 15) is 4.79 Å². The lowest BCUT2D eigenvalue weighted by atomic mass is 10.1. The summed E-state index contributed by atoms with van der Waals surface area (Å²) < 4.78 is 1.01. The van der Waals surface area contributed by atoms with Gasteiger partial charge < -0.3 is 0 Å². The zero-order chi connectivity index (χ0) is 20.4. The topological polar surface area (TPSA) is 45.6 Å². The zero-order valence-corrected chi connectivity index (χ0v) is 19.1. The van der Waals surface area contributed by atoms with Crippen LogP contribution >= 0.6 is 39.0 Å². The molecule has 4 rings (SSSR count). The summed E-state index contributed by atoms with van der Waals surface area (Å²) in [7, 11) is 0. The molecular formula is C22H18BrN3OS2. The van der Waals surface area contributed by atoms with Gasteiger partial charge in [0.2, 0.25) is 5.13 Å². The predicted molar refractivity (Wildman–Crippen MR) is 126 cm³/mol. The van der Waals surface area contributed by atoms with Crippen LogP contribution < -0.4 is 0 Å². The summed E-state index contributed by atoms with van der Waals surface area (Å²) in [6.45, 7) is 4.51. The summed E-state index contributed by atoms with van der Waals surface area (Å²) in [5.74, 6) is -0.00323. The van der Waals surface area contributed by atoms with Gasteiger partial charge in [-0.05, 0) is 48.9 Å². The van der Waals surface area contributed by atoms with E-state index in [4.69, 9.17) is 4.99 Å². The van der Waals surface area contributed by atoms with Crippen molar-refractivity contribution in [3.05, 3.63) is 74.9 Å². The van der Waals surface area contributed by atoms with Gasteiger partial charge in [-0.25, -0.2) is 4.98 Å². The minimum atomic E-state index is -0.00323. The molecule has 1 aliphatic rings. The summed E-state index contributed by atoms with van der Waals surface area (Å²) in [6.07, 6.45) is 0. The number of benzene rings is 2. The van der Waals surface area contributed by atoms with Crippen molar-refractivity contribution in [1.82, 2.24) is 9.88 Å². The van der Waals surface area contributed by atoms with Gasteiger partial charge >= 0.3 is 0 Å². The number of carbonyl (C=O) groups excluding carboxylic acids is 1. The Bertz CT molecular complexity index is 1100. The van der Waals surface area contributed by atoms with Crippen LogP contribution in [0, 0.1) is 0 Å². The van der Waals surface area contributed by atoms with Gasteiger partial charge in [0.05, 0.1) is 10.6 Å². The van der Waals surface area contributed by atoms with Crippen LogP contribution in [0.2, 0.25) is 0 Å². The molecule has 0 unspecified atom stereocenters. The van der Waals surface area contributed by atoms with Gasteiger partial charge in [0.1, 0.15) is 0 Å². The van der Waals surface area contributed by atoms with Gasteiger partial charge in [-0.1, -0.05) is 58.4 Å². The molecule has 0 spiro atoms. The van der Waals surface area contributed by atoms with Crippen LogP contribution in [-0.4, -0.2) is 27.5 Å². The molecule has 1 aromatic heterocycles. The summed E-state index contributed by atoms with van der Waals surface area (Å²) in [6, 6.07) is 18.0. The Balaban J connectivity index is 1.66. The first-order valence-electron chi connectivity index (χ1n) is 9.13. The molecule has 7 heteroatoms. The minimum Gasteiger partial charge on any atom is -0.287 e. The molecule has 1 fully saturated rings. The van der Waals surface area contributed by atoms with Gasteiger partial charge in [-0.2, -0.15) is 4.99 Å². The Labute approximate surface area is 186 Å². The van der Waals surface area contributed by atoms with Crippen LogP contribution in [0.25, 0.3) is 16.8 Å². The molecule has 4 nitrogen and oxygen atoms in total. The van der Waals surface area contributed by atoms with Crippen LogP contribution in [-0.2, 0) is 4.79 Å². The number of hydrogen-bond acceptors (Lipinski definition) is 5. The molecule has 0 radical (unpaired) electrons. The molecule has 1 aliphatic heterocycles. The molecule has 0 aliphatic carbocycles. The van der Waals surface area contributed by atoms with Crippen LogP contribution in [0.4, 0.5) is 5.13 Å². The smallest absolute Gasteiger partial charge is 0.267 e. The standard InChI is InChI=1S/C22H18BrN3OS2/c1-3-26-20(27)19(14(2)15-9-11-17(23)12-10-15)29-22(26)25-21-24-18(13-28-21)16-7-5-4-6-8-16/h4-13H,3H2,1-2H3/b19-14-,25-22+. The van der Waals surface area contributed by atoms with Gasteiger partial charge in [0.15, 0.2) is 5.17 Å². The quantitative estimate of drug-likeness (QED) is 0.393. The fourth-order valence-electron chi connectivity index (χ4n) is 2.97. The maximum Gasteiger partial charge on any atom is 0.267 e. The van der Waals surface area contributed by atoms with E-state index in [1.54, 1.807) is 4.90 Å². The number of thioether (sulfide) groups is 1. The molecule has 0 bridgehead atoms. The highest BCUT2D eigenvalue weighted by molar-refractivity contribution is 9.10. The van der Waals surface area contributed by atoms with Gasteiger partial charge in [-0.15, -0.1) is 11.3 Å². The highest BCUT2D eigenvalue weighted by Gasteiger charge is 2.34. The van der Waals surface area contributed by atoms with Crippen molar-refractivity contribution in [1.29, 1.82) is 0 Å². The Hall–Kier alpha value is -2.22. The van der Waals surface area contributed by atoms with Crippen molar-refractivity contribution in [3.63, 3.8) is 0 Å². The maximum absolute atomic E-state index is 13.0. The van der Waals surface area contributed by atoms with Crippen molar-refractivity contribution in [2.24, 2.45) is 4.99 Å². The fraction of sp³-hybridized carbons (Fsp3) is 0.136. The molecular weight excluding hydrogens is 466 g/mol. The second-order valence-corrected chi connectivity index (χ2v) is 9.12. The Morgan fingerprint density at radius 3 is 2.55 bits per heavy atom. The van der Waals surface area contributed by atoms with Gasteiger partial charge in [0, 0.05) is 22.0 Å². The highest BCUT2D eigenvalue weighted by atomic mass is 79.9. The molecule has 0 N–H and O–H groups in total. The molecule has 1 amide bonds. The predicted octanol–water partition coefficient (Wildman–Crippen LogP) is 6.59. The molecule has 3 aromatic rings. The molecule has 1 saturated heterocycles. The third-order valence-electron chi connectivity index (χ3n) is 4.55. The molecule has 2 aromatic carbocycles. The number of allylic oxidation sites excluding steroid dienone is 1. The van der Waals surface area contributed by atoms with E-state index in [-0.39, 0.29) is 5.91 Å². The number of amides is 1. The van der Waals surface area contributed by atoms with Crippen molar-refractivity contribution in [2.75, 3.05) is 6.54 Å². The third-order valence-corrected chi connectivity index (χ3v) is 6.99. The molecule has 29 heavy (non-hydrogen) atoms. The van der Waals surface area contributed by atoms with E-state index in [1.807, 2.05) is 73.8 Å². The van der Waals surface area contributed by atoms with Crippen molar-refractivity contribution in [3.8, 4) is 11.3 Å². The lowest BCUT2D eigenvalue weighted by molar-refractivity contribution is -0.122. The number of amidine groups is 1. The van der Waals surface area contributed by atoms with Crippen LogP contribution in [0.1, 0.15) is 19.4 Å². The maximum atomic E-state index is 13.0. The van der Waals surface area contributed by atoms with E-state index in [0.717, 1.165) is 26.9 Å². The lowest BCUT2D eigenvalue weighted by Crippen LogP contribution is -2.28. The van der Waals surface area contributed by atoms with E-state index in [0.29, 0.717) is 21.7 Å². The normalized spacial score (nSPS) is 17.3. The number of likely N-dealkylation sites (N-methyl/N-ethyl adjacent to an activating group) is 1. The van der Waals surface area contributed by atoms with E-state index in [2.05, 4.69) is 20.9 Å². The Morgan fingerprint density at radius 1 is 1.14 bits per heavy atom. The number of nitrogens with zero attached hydrogens (tertiary/aromatic N) is 3. The summed E-state index contributed by atoms with van der Waals surface area (Å²) in [4.78, 5) is 24.7. The van der Waals surface area contributed by atoms with Crippen molar-refractivity contribution >= 4 is 60.8 Å². The number of hydrogen-bond donors (Lipinski definition) is 0. The average Bonchev–Trinajstić information content (AvgIpc) is 3.33. The number of aliphatic imine (C=N–C) groups is 1. The highest BCUT2D eigenvalue weighted by Crippen LogP contribution is 2.38. The Kier molecular flexibility index (Phi) is 5.99. The monoisotopic (exact) mass is 483 g/mol. The summed E-state index contributed by atoms with van der Waals surface area (Å²) in [5.41, 5.74) is 3.95. The second-order valence-electron chi connectivity index (χ2n) is 6.39. The van der Waals surface area contributed by atoms with Gasteiger partial charge in [0.25, 0.3) is 5.91 Å². The second kappa shape index (κ2) is 8.65. The lowest BCUT2D eigenvalue weighted by Gasteiger charge is -2.11. The van der Waals surface area contributed by atoms with E-state index < -0.39 is 0 Å². The van der Waals surface area contributed by atoms with Crippen molar-refractivity contribution in [2.45, 2.75) is 13.8 Å². The molecule has 146 valence electrons. The number of thiazole rings is 1. The first-order chi connectivity index (χ1) is 14.1. The molecule has 0 saturated carbocycles. The number of carbonyl (C=O) groups is 1. The van der Waals surface area contributed by atoms with Crippen LogP contribution in [0.5, 0.6) is 0 Å². The number of halogens is 1. The van der Waals surface area contributed by atoms with Crippen LogP contribution in [0.15, 0.2) is 74.3 Å².